The van der Waals surface area contributed by atoms with Gasteiger partial charge in [-0.25, -0.2) is 10.2 Å². The Labute approximate surface area is 260 Å². The number of aromatic hydroxyl groups is 1. The Hall–Kier alpha value is -5.56. The summed E-state index contributed by atoms with van der Waals surface area (Å²) in [5.74, 6) is -2.65. The number of hydrazine groups is 1. The van der Waals surface area contributed by atoms with Crippen LogP contribution in [0.15, 0.2) is 27.3 Å². The lowest BCUT2D eigenvalue weighted by Gasteiger charge is -2.25. The molecule has 5 aromatic rings. The number of hydrogen-bond acceptors (Lipinski definition) is 11. The van der Waals surface area contributed by atoms with Gasteiger partial charge in [0.25, 0.3) is 0 Å². The van der Waals surface area contributed by atoms with Crippen LogP contribution in [0.3, 0.4) is 0 Å². The summed E-state index contributed by atoms with van der Waals surface area (Å²) >= 11 is 0. The lowest BCUT2D eigenvalue weighted by atomic mass is 9.83. The number of allylic oxidation sites excluding steroid dienone is 1. The minimum Gasteiger partial charge on any atom is -0.504 e. The van der Waals surface area contributed by atoms with Gasteiger partial charge in [-0.1, -0.05) is 18.6 Å². The van der Waals surface area contributed by atoms with Crippen molar-refractivity contribution in [2.24, 2.45) is 0 Å². The maximum atomic E-state index is 14.6. The molecule has 238 valence electrons. The van der Waals surface area contributed by atoms with Crippen molar-refractivity contribution in [3.05, 3.63) is 49.3 Å². The molecule has 0 fully saturated rings. The molecule has 0 saturated heterocycles. The van der Waals surface area contributed by atoms with Crippen molar-refractivity contribution in [1.29, 1.82) is 0 Å². The number of aliphatic carboxylic acids is 2. The van der Waals surface area contributed by atoms with E-state index in [-0.39, 0.29) is 45.1 Å². The molecule has 13 heteroatoms. The minimum absolute atomic E-state index is 0.000232. The monoisotopic (exact) mass is 629 g/mol. The van der Waals surface area contributed by atoms with Crippen LogP contribution in [0.25, 0.3) is 49.2 Å². The summed E-state index contributed by atoms with van der Waals surface area (Å²) in [5, 5.41) is 36.3. The summed E-state index contributed by atoms with van der Waals surface area (Å²) in [7, 11) is 4.19. The zero-order valence-corrected chi connectivity index (χ0v) is 25.6. The van der Waals surface area contributed by atoms with E-state index in [0.29, 0.717) is 56.4 Å². The first kappa shape index (κ1) is 30.5. The highest BCUT2D eigenvalue weighted by atomic mass is 16.5. The molecular formula is C33H31N3O10. The Bertz CT molecular complexity index is 2260. The van der Waals surface area contributed by atoms with Crippen molar-refractivity contribution in [1.82, 2.24) is 5.43 Å². The fourth-order valence-corrected chi connectivity index (χ4v) is 6.73. The van der Waals surface area contributed by atoms with E-state index in [0.717, 1.165) is 5.57 Å². The highest BCUT2D eigenvalue weighted by molar-refractivity contribution is 6.40. The predicted octanol–water partition coefficient (Wildman–Crippen LogP) is 3.86. The molecule has 0 spiro atoms. The van der Waals surface area contributed by atoms with E-state index in [1.54, 1.807) is 0 Å². The first-order chi connectivity index (χ1) is 22.0. The topological polar surface area (TPSA) is 193 Å². The van der Waals surface area contributed by atoms with Crippen LogP contribution < -0.4 is 41.2 Å². The molecule has 6 N–H and O–H groups in total. The van der Waals surface area contributed by atoms with Crippen LogP contribution in [0, 0.1) is 0 Å². The molecule has 0 bridgehead atoms. The third kappa shape index (κ3) is 4.26. The summed E-state index contributed by atoms with van der Waals surface area (Å²) in [4.78, 5) is 52.0. The largest absolute Gasteiger partial charge is 0.504 e. The second-order valence-electron chi connectivity index (χ2n) is 11.1. The number of phenolic OH excluding ortho intramolecular Hbond substituents is 1. The number of carboxylic acid groups (broad SMARTS) is 2. The Morgan fingerprint density at radius 1 is 0.891 bits per heavy atom. The van der Waals surface area contributed by atoms with E-state index in [9.17, 15) is 34.5 Å². The van der Waals surface area contributed by atoms with E-state index in [1.807, 2.05) is 19.9 Å². The molecule has 0 amide bonds. The average Bonchev–Trinajstić information content (AvgIpc) is 3.16. The van der Waals surface area contributed by atoms with E-state index in [1.165, 1.54) is 33.5 Å². The Morgan fingerprint density at radius 2 is 1.54 bits per heavy atom. The molecule has 0 heterocycles. The lowest BCUT2D eigenvalue weighted by Crippen LogP contribution is -2.32. The van der Waals surface area contributed by atoms with Crippen LogP contribution in [-0.4, -0.2) is 61.2 Å². The quantitative estimate of drug-likeness (QED) is 0.0702. The normalized spacial score (nSPS) is 13.3. The predicted molar refractivity (Wildman–Crippen MR) is 175 cm³/mol. The summed E-state index contributed by atoms with van der Waals surface area (Å²) in [6.45, 7) is 4.15. The SMILES string of the molecule is CCNNc1c2c3c4c(c(OC)c(O)c5c(=O)cc(OC)c(c6c(OC)cc(NC(CC(=O)O)C(=O)O)c(c1=O)c63)c54)CC(C)=C2. The first-order valence-electron chi connectivity index (χ1n) is 14.4. The molecule has 1 unspecified atom stereocenters. The molecule has 1 aliphatic carbocycles. The minimum atomic E-state index is -1.59. The van der Waals surface area contributed by atoms with Crippen LogP contribution in [0.1, 0.15) is 31.4 Å². The van der Waals surface area contributed by atoms with Gasteiger partial charge in [0.2, 0.25) is 5.43 Å². The second kappa shape index (κ2) is 11.1. The van der Waals surface area contributed by atoms with Gasteiger partial charge in [-0.15, -0.1) is 0 Å². The third-order valence-electron chi connectivity index (χ3n) is 8.45. The van der Waals surface area contributed by atoms with Crippen molar-refractivity contribution in [2.45, 2.75) is 32.7 Å². The van der Waals surface area contributed by atoms with E-state index in [4.69, 9.17) is 14.2 Å². The van der Waals surface area contributed by atoms with Crippen molar-refractivity contribution < 1.29 is 39.1 Å². The molecular weight excluding hydrogens is 598 g/mol. The number of hydrogen-bond donors (Lipinski definition) is 6. The number of phenols is 1. The molecule has 0 saturated carbocycles. The zero-order chi connectivity index (χ0) is 33.2. The van der Waals surface area contributed by atoms with E-state index < -0.39 is 35.3 Å². The highest BCUT2D eigenvalue weighted by Crippen LogP contribution is 2.55. The molecule has 0 radical (unpaired) electrons. The van der Waals surface area contributed by atoms with Crippen LogP contribution in [-0.2, 0) is 16.0 Å². The summed E-state index contributed by atoms with van der Waals surface area (Å²) in [5.41, 5.74) is 7.06. The van der Waals surface area contributed by atoms with Crippen LogP contribution in [0.5, 0.6) is 23.0 Å². The molecule has 0 aliphatic heterocycles. The van der Waals surface area contributed by atoms with Crippen molar-refractivity contribution >= 4 is 72.5 Å². The van der Waals surface area contributed by atoms with Gasteiger partial charge in [-0.2, -0.15) is 0 Å². The first-order valence-corrected chi connectivity index (χ1v) is 14.4. The van der Waals surface area contributed by atoms with Crippen LogP contribution >= 0.6 is 0 Å². The van der Waals surface area contributed by atoms with Crippen molar-refractivity contribution in [3.8, 4) is 23.0 Å². The number of rotatable bonds is 11. The Balaban J connectivity index is 2.00. The maximum absolute atomic E-state index is 14.6. The van der Waals surface area contributed by atoms with Gasteiger partial charge in [0.1, 0.15) is 23.2 Å². The molecule has 0 aromatic heterocycles. The smallest absolute Gasteiger partial charge is 0.326 e. The molecule has 13 nitrogen and oxygen atoms in total. The summed E-state index contributed by atoms with van der Waals surface area (Å²) in [6, 6.07) is 1.09. The average molecular weight is 630 g/mol. The Kier molecular flexibility index (Phi) is 7.36. The second-order valence-corrected chi connectivity index (χ2v) is 11.1. The number of fused-ring (bicyclic) bond motifs is 1. The van der Waals surface area contributed by atoms with Crippen LogP contribution in [0.2, 0.25) is 0 Å². The number of carboxylic acids is 2. The van der Waals surface area contributed by atoms with Gasteiger partial charge in [0, 0.05) is 56.7 Å². The van der Waals surface area contributed by atoms with Gasteiger partial charge >= 0.3 is 11.9 Å². The maximum Gasteiger partial charge on any atom is 0.326 e. The number of benzene rings is 5. The van der Waals surface area contributed by atoms with Gasteiger partial charge in [0.05, 0.1) is 44.2 Å². The van der Waals surface area contributed by atoms with E-state index in [2.05, 4.69) is 16.2 Å². The number of ether oxygens (including phenoxy) is 3. The lowest BCUT2D eigenvalue weighted by molar-refractivity contribution is -0.144. The van der Waals surface area contributed by atoms with Crippen molar-refractivity contribution in [3.63, 3.8) is 0 Å². The Morgan fingerprint density at radius 3 is 2.13 bits per heavy atom. The number of carbonyl (C=O) groups is 2. The van der Waals surface area contributed by atoms with Gasteiger partial charge in [-0.3, -0.25) is 14.4 Å². The molecule has 6 rings (SSSR count). The number of nitrogens with one attached hydrogen (secondary N) is 3. The highest BCUT2D eigenvalue weighted by Gasteiger charge is 2.33. The van der Waals surface area contributed by atoms with E-state index >= 15 is 0 Å². The van der Waals surface area contributed by atoms with Gasteiger partial charge in [-0.05, 0) is 18.7 Å². The van der Waals surface area contributed by atoms with Gasteiger partial charge < -0.3 is 40.3 Å². The van der Waals surface area contributed by atoms with Crippen LogP contribution in [0.4, 0.5) is 11.4 Å². The third-order valence-corrected chi connectivity index (χ3v) is 8.45. The number of methoxy groups -OCH3 is 3. The molecule has 46 heavy (non-hydrogen) atoms. The van der Waals surface area contributed by atoms with Gasteiger partial charge in [0.15, 0.2) is 16.9 Å². The number of anilines is 2. The molecule has 5 aromatic carbocycles. The summed E-state index contributed by atoms with van der Waals surface area (Å²) < 4.78 is 17.3. The zero-order valence-electron chi connectivity index (χ0n) is 25.6. The standard InChI is InChI=1S/C33H31N3O10/c1-6-34-36-29-13-7-12(2)8-14-22-21(13)27-23(30(29)40)15(35-16(33(42)43)10-20(38)39)9-18(44-3)25(27)26-19(45-4)11-17(37)24(28(22)26)31(41)32(14)46-5/h7,9,11,16,34-36,41H,6,8,10H2,1-5H3,(H,38,39)(H,42,43). The molecule has 1 aliphatic rings. The van der Waals surface area contributed by atoms with Crippen molar-refractivity contribution in [2.75, 3.05) is 38.6 Å². The fourth-order valence-electron chi connectivity index (χ4n) is 6.73. The molecule has 1 atom stereocenters. The fraction of sp³-hybridized carbons (Fsp3) is 0.273. The summed E-state index contributed by atoms with van der Waals surface area (Å²) in [6.07, 6.45) is 1.37.